The molecule has 1 aromatic heterocycles. The molecule has 2 aromatic carbocycles. The summed E-state index contributed by atoms with van der Waals surface area (Å²) in [6.45, 7) is 6.43. The van der Waals surface area contributed by atoms with Crippen LogP contribution in [-0.4, -0.2) is 65.9 Å². The average molecular weight is 464 g/mol. The predicted molar refractivity (Wildman–Crippen MR) is 132 cm³/mol. The van der Waals surface area contributed by atoms with Gasteiger partial charge in [-0.15, -0.1) is 6.42 Å². The largest absolute Gasteiger partial charge is 0.439 e. The van der Waals surface area contributed by atoms with Crippen molar-refractivity contribution in [2.24, 2.45) is 0 Å². The van der Waals surface area contributed by atoms with Crippen molar-refractivity contribution in [3.63, 3.8) is 0 Å². The summed E-state index contributed by atoms with van der Waals surface area (Å²) < 4.78 is 18.8. The second-order valence-electron chi connectivity index (χ2n) is 8.13. The van der Waals surface area contributed by atoms with Crippen LogP contribution in [0.1, 0.15) is 16.8 Å². The second kappa shape index (κ2) is 12.9. The fraction of sp³-hybridized carbons (Fsp3) is 0.370. The Balaban J connectivity index is 1.91. The molecule has 0 saturated carbocycles. The lowest BCUT2D eigenvalue weighted by Gasteiger charge is -2.25. The zero-order valence-electron chi connectivity index (χ0n) is 20.1. The number of aryl methyl sites for hydroxylation is 2. The molecule has 7 nitrogen and oxygen atoms in total. The lowest BCUT2D eigenvalue weighted by Crippen LogP contribution is -2.36. The topological polar surface area (TPSA) is 69.0 Å². The highest BCUT2D eigenvalue weighted by Crippen LogP contribution is 2.31. The Kier molecular flexibility index (Phi) is 9.68. The molecule has 3 aromatic rings. The molecule has 0 spiro atoms. The number of hydrogen-bond donors (Lipinski definition) is 1. The zero-order chi connectivity index (χ0) is 24.3. The van der Waals surface area contributed by atoms with Crippen molar-refractivity contribution in [1.29, 1.82) is 0 Å². The molecule has 0 aliphatic carbocycles. The number of aliphatic hydroxyl groups excluding tert-OH is 1. The molecule has 0 fully saturated rings. The van der Waals surface area contributed by atoms with Gasteiger partial charge in [0.15, 0.2) is 0 Å². The van der Waals surface area contributed by atoms with Gasteiger partial charge >= 0.3 is 0 Å². The van der Waals surface area contributed by atoms with Crippen molar-refractivity contribution in [2.75, 3.05) is 40.0 Å². The van der Waals surface area contributed by atoms with E-state index in [4.69, 9.17) is 25.7 Å². The summed E-state index contributed by atoms with van der Waals surface area (Å²) in [5.74, 6) is 3.79. The third-order valence-electron chi connectivity index (χ3n) is 5.33. The Morgan fingerprint density at radius 2 is 1.85 bits per heavy atom. The Hall–Kier alpha value is -3.15. The third kappa shape index (κ3) is 7.17. The number of aliphatic hydroxyl groups is 1. The molecule has 1 unspecified atom stereocenters. The number of ether oxygens (including phenoxy) is 3. The van der Waals surface area contributed by atoms with Gasteiger partial charge in [0, 0.05) is 26.7 Å². The molecule has 34 heavy (non-hydrogen) atoms. The Bertz CT molecular complexity index is 1060. The lowest BCUT2D eigenvalue weighted by molar-refractivity contribution is 0.0206. The summed E-state index contributed by atoms with van der Waals surface area (Å²) in [5, 5.41) is 15.3. The maximum atomic E-state index is 10.5. The predicted octanol–water partition coefficient (Wildman–Crippen LogP) is 3.74. The number of nitrogens with zero attached hydrogens (tertiary/aromatic N) is 3. The number of hydrogen-bond acceptors (Lipinski definition) is 6. The molecule has 0 aliphatic heterocycles. The molecule has 180 valence electrons. The van der Waals surface area contributed by atoms with Gasteiger partial charge in [0.1, 0.15) is 12.4 Å². The van der Waals surface area contributed by atoms with Crippen LogP contribution in [-0.2, 0) is 16.0 Å². The Labute approximate surface area is 201 Å². The van der Waals surface area contributed by atoms with E-state index in [1.807, 2.05) is 73.1 Å². The highest BCUT2D eigenvalue weighted by Gasteiger charge is 2.22. The van der Waals surface area contributed by atoms with E-state index in [1.54, 1.807) is 7.11 Å². The van der Waals surface area contributed by atoms with Crippen molar-refractivity contribution in [1.82, 2.24) is 14.7 Å². The molecule has 0 saturated heterocycles. The Morgan fingerprint density at radius 1 is 1.12 bits per heavy atom. The van der Waals surface area contributed by atoms with Gasteiger partial charge in [-0.1, -0.05) is 41.8 Å². The molecule has 1 atom stereocenters. The maximum Gasteiger partial charge on any atom is 0.227 e. The van der Waals surface area contributed by atoms with Crippen molar-refractivity contribution in [2.45, 2.75) is 26.5 Å². The minimum atomic E-state index is -0.684. The van der Waals surface area contributed by atoms with Crippen LogP contribution in [0.15, 0.2) is 54.6 Å². The van der Waals surface area contributed by atoms with Gasteiger partial charge in [0.25, 0.3) is 0 Å². The van der Waals surface area contributed by atoms with Crippen molar-refractivity contribution < 1.29 is 19.3 Å². The standard InChI is InChI=1S/C27H33N3O4/c1-5-16-33-20-24(31)18-29(15-17-32-4)19-26-22(3)28-30(23-9-7-6-8-10-23)27(26)34-25-13-11-21(2)12-14-25/h1,6-14,24,31H,15-20H2,2-4H3. The molecule has 0 bridgehead atoms. The molecule has 1 N–H and O–H groups in total. The summed E-state index contributed by atoms with van der Waals surface area (Å²) in [6, 6.07) is 17.8. The quantitative estimate of drug-likeness (QED) is 0.308. The Morgan fingerprint density at radius 3 is 2.53 bits per heavy atom. The fourth-order valence-electron chi connectivity index (χ4n) is 3.57. The first-order valence-corrected chi connectivity index (χ1v) is 11.3. The minimum Gasteiger partial charge on any atom is -0.439 e. The van der Waals surface area contributed by atoms with Gasteiger partial charge in [0.2, 0.25) is 5.88 Å². The van der Waals surface area contributed by atoms with Gasteiger partial charge in [-0.3, -0.25) is 4.90 Å². The number of methoxy groups -OCH3 is 1. The molecule has 0 aliphatic rings. The number of benzene rings is 2. The monoisotopic (exact) mass is 463 g/mol. The van der Waals surface area contributed by atoms with Crippen LogP contribution in [0.25, 0.3) is 5.69 Å². The molecule has 1 heterocycles. The molecule has 0 amide bonds. The van der Waals surface area contributed by atoms with E-state index < -0.39 is 6.10 Å². The van der Waals surface area contributed by atoms with E-state index >= 15 is 0 Å². The van der Waals surface area contributed by atoms with Gasteiger partial charge in [-0.05, 0) is 38.1 Å². The molecule has 7 heteroatoms. The van der Waals surface area contributed by atoms with E-state index in [1.165, 1.54) is 0 Å². The average Bonchev–Trinajstić information content (AvgIpc) is 3.14. The number of aromatic nitrogens is 2. The van der Waals surface area contributed by atoms with Crippen LogP contribution in [0.3, 0.4) is 0 Å². The summed E-state index contributed by atoms with van der Waals surface area (Å²) in [7, 11) is 1.66. The van der Waals surface area contributed by atoms with Crippen LogP contribution < -0.4 is 4.74 Å². The molecule has 0 radical (unpaired) electrons. The third-order valence-corrected chi connectivity index (χ3v) is 5.33. The number of terminal acetylenes is 1. The highest BCUT2D eigenvalue weighted by atomic mass is 16.5. The van der Waals surface area contributed by atoms with Gasteiger partial charge in [0.05, 0.1) is 36.3 Å². The lowest BCUT2D eigenvalue weighted by atomic mass is 10.2. The summed E-state index contributed by atoms with van der Waals surface area (Å²) in [4.78, 5) is 2.11. The van der Waals surface area contributed by atoms with E-state index in [-0.39, 0.29) is 13.2 Å². The number of rotatable bonds is 13. The van der Waals surface area contributed by atoms with Crippen LogP contribution in [0.4, 0.5) is 0 Å². The zero-order valence-corrected chi connectivity index (χ0v) is 20.1. The van der Waals surface area contributed by atoms with Crippen LogP contribution in [0.2, 0.25) is 0 Å². The summed E-state index contributed by atoms with van der Waals surface area (Å²) >= 11 is 0. The fourth-order valence-corrected chi connectivity index (χ4v) is 3.57. The second-order valence-corrected chi connectivity index (χ2v) is 8.13. The normalized spacial score (nSPS) is 12.0. The van der Waals surface area contributed by atoms with Crippen LogP contribution in [0, 0.1) is 26.2 Å². The van der Waals surface area contributed by atoms with Gasteiger partial charge in [-0.25, -0.2) is 4.68 Å². The van der Waals surface area contributed by atoms with E-state index in [9.17, 15) is 5.11 Å². The SMILES string of the molecule is C#CCOCC(O)CN(CCOC)Cc1c(C)nn(-c2ccccc2)c1Oc1ccc(C)cc1. The minimum absolute atomic E-state index is 0.169. The van der Waals surface area contributed by atoms with E-state index in [0.29, 0.717) is 32.1 Å². The van der Waals surface area contributed by atoms with Crippen LogP contribution in [0.5, 0.6) is 11.6 Å². The highest BCUT2D eigenvalue weighted by molar-refractivity contribution is 5.43. The molecule has 3 rings (SSSR count). The molecular weight excluding hydrogens is 430 g/mol. The summed E-state index contributed by atoms with van der Waals surface area (Å²) in [5.41, 5.74) is 3.86. The summed E-state index contributed by atoms with van der Waals surface area (Å²) in [6.07, 6.45) is 4.55. The smallest absolute Gasteiger partial charge is 0.227 e. The van der Waals surface area contributed by atoms with Crippen molar-refractivity contribution in [3.05, 3.63) is 71.4 Å². The first-order valence-electron chi connectivity index (χ1n) is 11.3. The first-order chi connectivity index (χ1) is 16.5. The number of para-hydroxylation sites is 1. The first kappa shape index (κ1) is 25.5. The van der Waals surface area contributed by atoms with Crippen molar-refractivity contribution in [3.8, 4) is 29.7 Å². The van der Waals surface area contributed by atoms with Gasteiger partial charge < -0.3 is 19.3 Å². The van der Waals surface area contributed by atoms with E-state index in [0.717, 1.165) is 28.3 Å². The molecular formula is C27H33N3O4. The van der Waals surface area contributed by atoms with Gasteiger partial charge in [-0.2, -0.15) is 5.10 Å². The van der Waals surface area contributed by atoms with E-state index in [2.05, 4.69) is 10.8 Å². The van der Waals surface area contributed by atoms with Crippen molar-refractivity contribution >= 4 is 0 Å². The van der Waals surface area contributed by atoms with Crippen LogP contribution >= 0.6 is 0 Å². The maximum absolute atomic E-state index is 10.5.